The summed E-state index contributed by atoms with van der Waals surface area (Å²) in [6.07, 6.45) is 1.82. The van der Waals surface area contributed by atoms with Gasteiger partial charge in [-0.25, -0.2) is 0 Å². The van der Waals surface area contributed by atoms with Crippen LogP contribution < -0.4 is 4.90 Å². The summed E-state index contributed by atoms with van der Waals surface area (Å²) in [6, 6.07) is 9.59. The van der Waals surface area contributed by atoms with Crippen molar-refractivity contribution in [2.45, 2.75) is 13.8 Å². The van der Waals surface area contributed by atoms with E-state index in [9.17, 15) is 9.90 Å². The first-order chi connectivity index (χ1) is 11.8. The molecular weight excluding hydrogens is 580 g/mol. The predicted molar refractivity (Wildman–Crippen MR) is 125 cm³/mol. The van der Waals surface area contributed by atoms with Crippen LogP contribution in [-0.4, -0.2) is 15.3 Å². The molecule has 25 heavy (non-hydrogen) atoms. The van der Waals surface area contributed by atoms with Crippen molar-refractivity contribution in [1.29, 1.82) is 0 Å². The third-order valence-corrected chi connectivity index (χ3v) is 6.83. The first kappa shape index (κ1) is 19.1. The maximum atomic E-state index is 12.8. The zero-order chi connectivity index (χ0) is 18.3. The van der Waals surface area contributed by atoms with Crippen LogP contribution in [0.3, 0.4) is 0 Å². The molecule has 128 valence electrons. The van der Waals surface area contributed by atoms with Crippen molar-refractivity contribution in [2.24, 2.45) is 0 Å². The van der Waals surface area contributed by atoms with Crippen molar-refractivity contribution < 1.29 is 9.90 Å². The van der Waals surface area contributed by atoms with Gasteiger partial charge in [0.1, 0.15) is 5.75 Å². The third kappa shape index (κ3) is 3.88. The summed E-state index contributed by atoms with van der Waals surface area (Å²) in [7, 11) is 0. The van der Waals surface area contributed by atoms with E-state index in [1.165, 1.54) is 17.3 Å². The highest BCUT2D eigenvalue weighted by Gasteiger charge is 2.33. The summed E-state index contributed by atoms with van der Waals surface area (Å²) in [5, 5.41) is 9.89. The first-order valence-corrected chi connectivity index (χ1v) is 10.7. The van der Waals surface area contributed by atoms with Crippen molar-refractivity contribution >= 4 is 91.2 Å². The number of thioether (sulfide) groups is 1. The number of amides is 1. The lowest BCUT2D eigenvalue weighted by Crippen LogP contribution is -2.27. The standard InChI is InChI=1S/C18H13I2NO2S2/c1-9-3-4-12(5-10(9)2)21-17(23)15(25-18(21)24)8-11-6-13(19)16(22)14(20)7-11/h3-8,22H,1-2H3/b15-8+. The molecule has 0 aliphatic carbocycles. The van der Waals surface area contributed by atoms with Gasteiger partial charge in [0, 0.05) is 0 Å². The second-order valence-corrected chi connectivity index (χ2v) is 9.62. The molecule has 3 rings (SSSR count). The molecule has 1 N–H and O–H groups in total. The Bertz CT molecular complexity index is 918. The number of rotatable bonds is 2. The molecule has 1 fully saturated rings. The largest absolute Gasteiger partial charge is 0.506 e. The maximum absolute atomic E-state index is 12.8. The number of carbonyl (C=O) groups excluding carboxylic acids is 1. The lowest BCUT2D eigenvalue weighted by atomic mass is 10.1. The number of phenolic OH excluding ortho intramolecular Hbond substituents is 1. The molecule has 7 heteroatoms. The molecule has 0 spiro atoms. The minimum absolute atomic E-state index is 0.114. The van der Waals surface area contributed by atoms with Gasteiger partial charge in [0.15, 0.2) is 4.32 Å². The smallest absolute Gasteiger partial charge is 0.270 e. The molecule has 0 saturated carbocycles. The summed E-state index contributed by atoms with van der Waals surface area (Å²) in [4.78, 5) is 15.0. The van der Waals surface area contributed by atoms with Crippen molar-refractivity contribution in [2.75, 3.05) is 4.90 Å². The van der Waals surface area contributed by atoms with Crippen LogP contribution in [0.4, 0.5) is 5.69 Å². The van der Waals surface area contributed by atoms with Gasteiger partial charge < -0.3 is 5.11 Å². The number of hydrogen-bond acceptors (Lipinski definition) is 4. The van der Waals surface area contributed by atoms with Gasteiger partial charge in [-0.05, 0) is 106 Å². The number of anilines is 1. The fraction of sp³-hybridized carbons (Fsp3) is 0.111. The first-order valence-electron chi connectivity index (χ1n) is 7.31. The highest BCUT2D eigenvalue weighted by Crippen LogP contribution is 2.37. The van der Waals surface area contributed by atoms with E-state index >= 15 is 0 Å². The van der Waals surface area contributed by atoms with Gasteiger partial charge >= 0.3 is 0 Å². The summed E-state index contributed by atoms with van der Waals surface area (Å²) in [5.74, 6) is 0.150. The number of benzene rings is 2. The van der Waals surface area contributed by atoms with Crippen LogP contribution in [0.5, 0.6) is 5.75 Å². The number of phenols is 1. The van der Waals surface area contributed by atoms with E-state index in [1.54, 1.807) is 4.90 Å². The van der Waals surface area contributed by atoms with E-state index in [0.29, 0.717) is 9.23 Å². The van der Waals surface area contributed by atoms with Crippen molar-refractivity contribution in [3.8, 4) is 5.75 Å². The minimum atomic E-state index is -0.114. The minimum Gasteiger partial charge on any atom is -0.506 e. The van der Waals surface area contributed by atoms with Crippen LogP contribution in [-0.2, 0) is 4.79 Å². The van der Waals surface area contributed by atoms with Gasteiger partial charge in [-0.2, -0.15) is 0 Å². The third-order valence-electron chi connectivity index (χ3n) is 3.88. The predicted octanol–water partition coefficient (Wildman–Crippen LogP) is 5.62. The fourth-order valence-corrected chi connectivity index (χ4v) is 5.49. The molecule has 0 atom stereocenters. The van der Waals surface area contributed by atoms with Gasteiger partial charge in [-0.1, -0.05) is 30.0 Å². The van der Waals surface area contributed by atoms with Crippen LogP contribution in [0.1, 0.15) is 16.7 Å². The van der Waals surface area contributed by atoms with Gasteiger partial charge in [-0.15, -0.1) is 0 Å². The summed E-state index contributed by atoms with van der Waals surface area (Å²) < 4.78 is 2.03. The lowest BCUT2D eigenvalue weighted by Gasteiger charge is -2.15. The summed E-state index contributed by atoms with van der Waals surface area (Å²) >= 11 is 10.9. The SMILES string of the molecule is Cc1ccc(N2C(=O)/C(=C\c3cc(I)c(O)c(I)c3)SC2=S)cc1C. The van der Waals surface area contributed by atoms with E-state index in [0.717, 1.165) is 24.0 Å². The van der Waals surface area contributed by atoms with E-state index in [1.807, 2.05) is 50.3 Å². The van der Waals surface area contributed by atoms with Gasteiger partial charge in [0.25, 0.3) is 5.91 Å². The molecule has 3 nitrogen and oxygen atoms in total. The Morgan fingerprint density at radius 3 is 2.36 bits per heavy atom. The molecule has 1 heterocycles. The van der Waals surface area contributed by atoms with Crippen molar-refractivity contribution in [1.82, 2.24) is 0 Å². The number of aromatic hydroxyl groups is 1. The highest BCUT2D eigenvalue weighted by atomic mass is 127. The second-order valence-electron chi connectivity index (χ2n) is 5.62. The molecule has 2 aromatic rings. The number of thiocarbonyl (C=S) groups is 1. The molecule has 0 unspecified atom stereocenters. The molecule has 1 amide bonds. The summed E-state index contributed by atoms with van der Waals surface area (Å²) in [6.45, 7) is 4.06. The van der Waals surface area contributed by atoms with E-state index in [2.05, 4.69) is 45.2 Å². The molecule has 1 aliphatic heterocycles. The normalized spacial score (nSPS) is 16.2. The Hall–Kier alpha value is -0.650. The van der Waals surface area contributed by atoms with Crippen LogP contribution in [0.25, 0.3) is 6.08 Å². The summed E-state index contributed by atoms with van der Waals surface area (Å²) in [5.41, 5.74) is 3.97. The number of aryl methyl sites for hydroxylation is 2. The zero-order valence-electron chi connectivity index (χ0n) is 13.3. The Morgan fingerprint density at radius 2 is 1.76 bits per heavy atom. The number of hydrogen-bond donors (Lipinski definition) is 1. The highest BCUT2D eigenvalue weighted by molar-refractivity contribution is 14.1. The Kier molecular flexibility index (Phi) is 5.76. The average Bonchev–Trinajstić information content (AvgIpc) is 2.82. The maximum Gasteiger partial charge on any atom is 0.270 e. The fourth-order valence-electron chi connectivity index (χ4n) is 2.37. The average molecular weight is 593 g/mol. The molecular formula is C18H13I2NO2S2. The lowest BCUT2D eigenvalue weighted by molar-refractivity contribution is -0.113. The second kappa shape index (κ2) is 7.53. The van der Waals surface area contributed by atoms with Gasteiger partial charge in [-0.3, -0.25) is 9.69 Å². The molecule has 0 radical (unpaired) electrons. The quantitative estimate of drug-likeness (QED) is 0.279. The van der Waals surface area contributed by atoms with E-state index in [-0.39, 0.29) is 11.7 Å². The van der Waals surface area contributed by atoms with Gasteiger partial charge in [0.2, 0.25) is 0 Å². The van der Waals surface area contributed by atoms with Crippen LogP contribution in [0.15, 0.2) is 35.2 Å². The van der Waals surface area contributed by atoms with Crippen LogP contribution >= 0.6 is 69.2 Å². The van der Waals surface area contributed by atoms with Crippen molar-refractivity contribution in [3.63, 3.8) is 0 Å². The van der Waals surface area contributed by atoms with E-state index in [4.69, 9.17) is 12.2 Å². The Balaban J connectivity index is 1.97. The molecule has 1 saturated heterocycles. The zero-order valence-corrected chi connectivity index (χ0v) is 19.3. The molecule has 0 bridgehead atoms. The Morgan fingerprint density at radius 1 is 1.12 bits per heavy atom. The topological polar surface area (TPSA) is 40.5 Å². The van der Waals surface area contributed by atoms with Crippen LogP contribution in [0, 0.1) is 21.0 Å². The molecule has 2 aromatic carbocycles. The van der Waals surface area contributed by atoms with E-state index < -0.39 is 0 Å². The number of halogens is 2. The molecule has 1 aliphatic rings. The number of carbonyl (C=O) groups is 1. The van der Waals surface area contributed by atoms with Crippen molar-refractivity contribution in [3.05, 3.63) is 59.1 Å². The van der Waals surface area contributed by atoms with Crippen LogP contribution in [0.2, 0.25) is 0 Å². The molecule has 0 aromatic heterocycles. The number of nitrogens with zero attached hydrogens (tertiary/aromatic N) is 1. The monoisotopic (exact) mass is 593 g/mol. The van der Waals surface area contributed by atoms with Gasteiger partial charge in [0.05, 0.1) is 17.7 Å². The Labute approximate surface area is 183 Å².